The molecule has 1 aliphatic rings. The van der Waals surface area contributed by atoms with Crippen molar-refractivity contribution >= 4 is 11.8 Å². The molecule has 0 aromatic carbocycles. The summed E-state index contributed by atoms with van der Waals surface area (Å²) in [4.78, 5) is 28.4. The highest BCUT2D eigenvalue weighted by Crippen LogP contribution is 2.19. The summed E-state index contributed by atoms with van der Waals surface area (Å²) in [7, 11) is 0. The lowest BCUT2D eigenvalue weighted by Gasteiger charge is -2.33. The van der Waals surface area contributed by atoms with Gasteiger partial charge in [0.2, 0.25) is 11.9 Å². The van der Waals surface area contributed by atoms with Crippen molar-refractivity contribution < 1.29 is 14.0 Å². The van der Waals surface area contributed by atoms with Gasteiger partial charge in [-0.15, -0.1) is 0 Å². The van der Waals surface area contributed by atoms with Gasteiger partial charge in [0.25, 0.3) is 5.91 Å². The number of halogens is 1. The zero-order valence-electron chi connectivity index (χ0n) is 9.80. The van der Waals surface area contributed by atoms with E-state index in [0.29, 0.717) is 13.0 Å². The van der Waals surface area contributed by atoms with Gasteiger partial charge in [0.1, 0.15) is 6.04 Å². The van der Waals surface area contributed by atoms with E-state index in [0.717, 1.165) is 18.9 Å². The third kappa shape index (κ3) is 2.47. The fraction of sp³-hybridized carbons (Fsp3) is 0.417. The molecule has 1 saturated heterocycles. The molecule has 5 nitrogen and oxygen atoms in total. The fourth-order valence-corrected chi connectivity index (χ4v) is 2.14. The van der Waals surface area contributed by atoms with Crippen molar-refractivity contribution in [1.82, 2.24) is 9.88 Å². The molecule has 2 rings (SSSR count). The second-order valence-corrected chi connectivity index (χ2v) is 4.28. The number of hydrogen-bond acceptors (Lipinski definition) is 3. The van der Waals surface area contributed by atoms with Crippen LogP contribution in [0.5, 0.6) is 0 Å². The smallest absolute Gasteiger partial charge is 0.256 e. The number of primary amides is 1. The van der Waals surface area contributed by atoms with Crippen molar-refractivity contribution in [1.29, 1.82) is 0 Å². The van der Waals surface area contributed by atoms with E-state index in [-0.39, 0.29) is 11.5 Å². The van der Waals surface area contributed by atoms with Gasteiger partial charge in [-0.1, -0.05) is 0 Å². The summed E-state index contributed by atoms with van der Waals surface area (Å²) in [5.41, 5.74) is 5.56. The molecule has 1 atom stereocenters. The Morgan fingerprint density at radius 2 is 2.17 bits per heavy atom. The van der Waals surface area contributed by atoms with Gasteiger partial charge in [0.15, 0.2) is 0 Å². The van der Waals surface area contributed by atoms with E-state index in [1.807, 2.05) is 0 Å². The molecular weight excluding hydrogens is 237 g/mol. The second kappa shape index (κ2) is 5.12. The van der Waals surface area contributed by atoms with Gasteiger partial charge in [-0.05, 0) is 31.4 Å². The maximum atomic E-state index is 12.7. The Morgan fingerprint density at radius 1 is 1.39 bits per heavy atom. The SMILES string of the molecule is NC(=O)C1CCCCN1C(=O)c1ccc(F)nc1. The first kappa shape index (κ1) is 12.5. The first-order valence-electron chi connectivity index (χ1n) is 5.81. The number of piperidine rings is 1. The topological polar surface area (TPSA) is 76.3 Å². The molecular formula is C12H14FN3O2. The van der Waals surface area contributed by atoms with E-state index >= 15 is 0 Å². The maximum absolute atomic E-state index is 12.7. The van der Waals surface area contributed by atoms with E-state index in [1.165, 1.54) is 17.2 Å². The van der Waals surface area contributed by atoms with E-state index in [9.17, 15) is 14.0 Å². The molecule has 96 valence electrons. The number of carbonyl (C=O) groups is 2. The Hall–Kier alpha value is -1.98. The number of rotatable bonds is 2. The first-order chi connectivity index (χ1) is 8.59. The Labute approximate surface area is 104 Å². The van der Waals surface area contributed by atoms with Gasteiger partial charge in [-0.2, -0.15) is 4.39 Å². The Balaban J connectivity index is 2.20. The Morgan fingerprint density at radius 3 is 2.78 bits per heavy atom. The van der Waals surface area contributed by atoms with Crippen LogP contribution in [0.3, 0.4) is 0 Å². The third-order valence-electron chi connectivity index (χ3n) is 3.07. The summed E-state index contributed by atoms with van der Waals surface area (Å²) in [5, 5.41) is 0. The maximum Gasteiger partial charge on any atom is 0.256 e. The van der Waals surface area contributed by atoms with Crippen molar-refractivity contribution in [2.45, 2.75) is 25.3 Å². The quantitative estimate of drug-likeness (QED) is 0.786. The summed E-state index contributed by atoms with van der Waals surface area (Å²) in [6.45, 7) is 0.490. The van der Waals surface area contributed by atoms with E-state index in [1.54, 1.807) is 0 Å². The van der Waals surface area contributed by atoms with Crippen LogP contribution >= 0.6 is 0 Å². The van der Waals surface area contributed by atoms with Crippen molar-refractivity contribution in [2.24, 2.45) is 5.73 Å². The molecule has 0 spiro atoms. The molecule has 0 radical (unpaired) electrons. The summed E-state index contributed by atoms with van der Waals surface area (Å²) in [6, 6.07) is 1.91. The summed E-state index contributed by atoms with van der Waals surface area (Å²) in [5.74, 6) is -1.47. The Bertz CT molecular complexity index is 461. The molecule has 0 aliphatic carbocycles. The predicted molar refractivity (Wildman–Crippen MR) is 62.1 cm³/mol. The first-order valence-corrected chi connectivity index (χ1v) is 5.81. The third-order valence-corrected chi connectivity index (χ3v) is 3.07. The molecule has 2 N–H and O–H groups in total. The van der Waals surface area contributed by atoms with Gasteiger partial charge in [0.05, 0.1) is 5.56 Å². The number of aromatic nitrogens is 1. The summed E-state index contributed by atoms with van der Waals surface area (Å²) < 4.78 is 12.7. The van der Waals surface area contributed by atoms with Crippen LogP contribution in [-0.2, 0) is 4.79 Å². The summed E-state index contributed by atoms with van der Waals surface area (Å²) >= 11 is 0. The lowest BCUT2D eigenvalue weighted by molar-refractivity contribution is -0.123. The number of carbonyl (C=O) groups excluding carboxylic acids is 2. The van der Waals surface area contributed by atoms with Crippen LogP contribution in [0.25, 0.3) is 0 Å². The highest BCUT2D eigenvalue weighted by Gasteiger charge is 2.31. The average Bonchev–Trinajstić information content (AvgIpc) is 2.39. The monoisotopic (exact) mass is 251 g/mol. The van der Waals surface area contributed by atoms with E-state index < -0.39 is 17.9 Å². The van der Waals surface area contributed by atoms with Crippen molar-refractivity contribution in [3.63, 3.8) is 0 Å². The van der Waals surface area contributed by atoms with Crippen molar-refractivity contribution in [3.05, 3.63) is 29.8 Å². The molecule has 2 heterocycles. The number of pyridine rings is 1. The molecule has 18 heavy (non-hydrogen) atoms. The van der Waals surface area contributed by atoms with Crippen LogP contribution in [-0.4, -0.2) is 34.3 Å². The molecule has 1 aliphatic heterocycles. The molecule has 0 saturated carbocycles. The van der Waals surface area contributed by atoms with Gasteiger partial charge in [0, 0.05) is 12.7 Å². The minimum absolute atomic E-state index is 0.268. The summed E-state index contributed by atoms with van der Waals surface area (Å²) in [6.07, 6.45) is 3.46. The van der Waals surface area contributed by atoms with E-state index in [4.69, 9.17) is 5.73 Å². The number of nitrogens with two attached hydrogens (primary N) is 1. The average molecular weight is 251 g/mol. The van der Waals surface area contributed by atoms with E-state index in [2.05, 4.69) is 4.98 Å². The number of nitrogens with zero attached hydrogens (tertiary/aromatic N) is 2. The normalized spacial score (nSPS) is 19.6. The van der Waals surface area contributed by atoms with Crippen molar-refractivity contribution in [2.75, 3.05) is 6.54 Å². The lowest BCUT2D eigenvalue weighted by Crippen LogP contribution is -2.50. The van der Waals surface area contributed by atoms with Gasteiger partial charge in [-0.3, -0.25) is 9.59 Å². The standard InChI is InChI=1S/C12H14FN3O2/c13-10-5-4-8(7-15-10)12(18)16-6-2-1-3-9(16)11(14)17/h4-5,7,9H,1-3,6H2,(H2,14,17). The zero-order valence-corrected chi connectivity index (χ0v) is 9.80. The van der Waals surface area contributed by atoms with Crippen LogP contribution in [0, 0.1) is 5.95 Å². The minimum Gasteiger partial charge on any atom is -0.368 e. The highest BCUT2D eigenvalue weighted by molar-refractivity contribution is 5.97. The molecule has 1 aromatic rings. The number of amides is 2. The van der Waals surface area contributed by atoms with Crippen LogP contribution < -0.4 is 5.73 Å². The lowest BCUT2D eigenvalue weighted by atomic mass is 10.0. The number of likely N-dealkylation sites (tertiary alicyclic amines) is 1. The van der Waals surface area contributed by atoms with Gasteiger partial charge in [-0.25, -0.2) is 4.98 Å². The molecule has 1 unspecified atom stereocenters. The van der Waals surface area contributed by atoms with Crippen molar-refractivity contribution in [3.8, 4) is 0 Å². The molecule has 1 fully saturated rings. The van der Waals surface area contributed by atoms with Crippen LogP contribution in [0.2, 0.25) is 0 Å². The van der Waals surface area contributed by atoms with Crippen LogP contribution in [0.1, 0.15) is 29.6 Å². The van der Waals surface area contributed by atoms with Gasteiger partial charge < -0.3 is 10.6 Å². The van der Waals surface area contributed by atoms with Gasteiger partial charge >= 0.3 is 0 Å². The van der Waals surface area contributed by atoms with Crippen LogP contribution in [0.15, 0.2) is 18.3 Å². The molecule has 0 bridgehead atoms. The Kier molecular flexibility index (Phi) is 3.55. The predicted octanol–water partition coefficient (Wildman–Crippen LogP) is 0.701. The zero-order chi connectivity index (χ0) is 13.1. The minimum atomic E-state index is -0.642. The largest absolute Gasteiger partial charge is 0.368 e. The fourth-order valence-electron chi connectivity index (χ4n) is 2.14. The van der Waals surface area contributed by atoms with Crippen LogP contribution in [0.4, 0.5) is 4.39 Å². The second-order valence-electron chi connectivity index (χ2n) is 4.28. The number of hydrogen-bond donors (Lipinski definition) is 1. The molecule has 2 amide bonds. The highest BCUT2D eigenvalue weighted by atomic mass is 19.1. The molecule has 6 heteroatoms. The molecule has 1 aromatic heterocycles.